The molecule has 4 aromatic rings. The number of carbonyl (C=O) groups excluding carboxylic acids is 1. The number of anilines is 1. The van der Waals surface area contributed by atoms with Gasteiger partial charge in [-0.05, 0) is 60.4 Å². The Morgan fingerprint density at radius 3 is 2.06 bits per heavy atom. The molecule has 0 bridgehead atoms. The summed E-state index contributed by atoms with van der Waals surface area (Å²) in [5, 5.41) is 2.79. The van der Waals surface area contributed by atoms with Crippen molar-refractivity contribution in [2.45, 2.75) is 25.8 Å². The van der Waals surface area contributed by atoms with Crippen LogP contribution in [0.25, 0.3) is 11.1 Å². The van der Waals surface area contributed by atoms with Crippen LogP contribution in [0.5, 0.6) is 0 Å². The molecule has 0 aliphatic heterocycles. The molecule has 3 aromatic carbocycles. The first-order valence-corrected chi connectivity index (χ1v) is 10.8. The zero-order valence-electron chi connectivity index (χ0n) is 18.6. The number of amides is 1. The Bertz CT molecular complexity index is 1220. The lowest BCUT2D eigenvalue weighted by Gasteiger charge is -2.24. The van der Waals surface area contributed by atoms with Gasteiger partial charge in [-0.25, -0.2) is 4.39 Å². The Morgan fingerprint density at radius 2 is 1.48 bits per heavy atom. The third kappa shape index (κ3) is 4.83. The van der Waals surface area contributed by atoms with E-state index < -0.39 is 11.9 Å². The van der Waals surface area contributed by atoms with Crippen molar-refractivity contribution in [1.29, 1.82) is 0 Å². The molecular weight excluding hydrogens is 413 g/mol. The van der Waals surface area contributed by atoms with Gasteiger partial charge in [0.25, 0.3) is 0 Å². The number of nitrogens with zero attached hydrogens (tertiary/aromatic N) is 1. The van der Waals surface area contributed by atoms with Crippen molar-refractivity contribution in [1.82, 2.24) is 4.98 Å². The van der Waals surface area contributed by atoms with E-state index in [1.54, 1.807) is 24.4 Å². The van der Waals surface area contributed by atoms with Gasteiger partial charge < -0.3 is 11.1 Å². The van der Waals surface area contributed by atoms with Crippen LogP contribution in [-0.2, 0) is 4.79 Å². The predicted molar refractivity (Wildman–Crippen MR) is 130 cm³/mol. The summed E-state index contributed by atoms with van der Waals surface area (Å²) in [6.45, 7) is 3.81. The lowest BCUT2D eigenvalue weighted by molar-refractivity contribution is -0.117. The predicted octanol–water partition coefficient (Wildman–Crippen LogP) is 5.60. The number of hydrogen-bond donors (Lipinski definition) is 2. The summed E-state index contributed by atoms with van der Waals surface area (Å²) in [4.78, 5) is 17.3. The Balaban J connectivity index is 1.59. The van der Waals surface area contributed by atoms with Crippen molar-refractivity contribution in [2.75, 3.05) is 5.32 Å². The number of hydrogen-bond acceptors (Lipinski definition) is 3. The fraction of sp³-hybridized carbons (Fsp3) is 0.143. The Kier molecular flexibility index (Phi) is 6.61. The highest BCUT2D eigenvalue weighted by Gasteiger charge is 2.28. The number of pyridine rings is 1. The molecule has 1 atom stereocenters. The molecule has 1 heterocycles. The number of benzene rings is 3. The lowest BCUT2D eigenvalue weighted by Crippen LogP contribution is -2.41. The fourth-order valence-corrected chi connectivity index (χ4v) is 4.05. The molecule has 3 N–H and O–H groups in total. The summed E-state index contributed by atoms with van der Waals surface area (Å²) in [6, 6.07) is 25.0. The molecule has 1 unspecified atom stereocenters. The standard InChI is InChI=1S/C28H26FN3O/c1-18-19(2)31-16-15-23(18)24-14-13-22(17-25(24)29)32-28(33)27(30)26(20-9-5-3-6-10-20)21-11-7-4-8-12-21/h3-17,26-27H,30H2,1-2H3,(H,32,33). The van der Waals surface area contributed by atoms with Crippen molar-refractivity contribution in [2.24, 2.45) is 5.73 Å². The second-order valence-electron chi connectivity index (χ2n) is 8.08. The third-order valence-electron chi connectivity index (χ3n) is 5.96. The number of aryl methyl sites for hydroxylation is 1. The first-order valence-electron chi connectivity index (χ1n) is 10.8. The molecule has 1 aromatic heterocycles. The van der Waals surface area contributed by atoms with E-state index in [4.69, 9.17) is 5.73 Å². The Labute approximate surface area is 193 Å². The van der Waals surface area contributed by atoms with Gasteiger partial charge in [0, 0.05) is 29.1 Å². The first kappa shape index (κ1) is 22.4. The third-order valence-corrected chi connectivity index (χ3v) is 5.96. The summed E-state index contributed by atoms with van der Waals surface area (Å²) < 4.78 is 15.0. The molecule has 0 aliphatic carbocycles. The fourth-order valence-electron chi connectivity index (χ4n) is 4.05. The lowest BCUT2D eigenvalue weighted by atomic mass is 9.85. The van der Waals surface area contributed by atoms with E-state index >= 15 is 0 Å². The van der Waals surface area contributed by atoms with Gasteiger partial charge in [-0.3, -0.25) is 9.78 Å². The molecule has 0 spiro atoms. The average molecular weight is 440 g/mol. The van der Waals surface area contributed by atoms with Gasteiger partial charge in [0.05, 0.1) is 6.04 Å². The largest absolute Gasteiger partial charge is 0.325 e. The maximum absolute atomic E-state index is 15.0. The summed E-state index contributed by atoms with van der Waals surface area (Å²) in [5.74, 6) is -1.13. The minimum atomic E-state index is -0.859. The monoisotopic (exact) mass is 439 g/mol. The van der Waals surface area contributed by atoms with E-state index in [1.807, 2.05) is 74.5 Å². The number of rotatable bonds is 6. The molecule has 166 valence electrons. The summed E-state index contributed by atoms with van der Waals surface area (Å²) in [5.41, 5.74) is 11.7. The smallest absolute Gasteiger partial charge is 0.242 e. The molecule has 0 fully saturated rings. The van der Waals surface area contributed by atoms with Crippen molar-refractivity contribution in [3.8, 4) is 11.1 Å². The van der Waals surface area contributed by atoms with Crippen molar-refractivity contribution < 1.29 is 9.18 Å². The van der Waals surface area contributed by atoms with Crippen LogP contribution in [0.4, 0.5) is 10.1 Å². The van der Waals surface area contributed by atoms with Crippen LogP contribution in [0.15, 0.2) is 91.1 Å². The summed E-state index contributed by atoms with van der Waals surface area (Å²) in [7, 11) is 0. The SMILES string of the molecule is Cc1nccc(-c2ccc(NC(=O)C(N)C(c3ccccc3)c3ccccc3)cc2F)c1C. The van der Waals surface area contributed by atoms with Crippen LogP contribution in [0.1, 0.15) is 28.3 Å². The van der Waals surface area contributed by atoms with E-state index in [0.29, 0.717) is 11.3 Å². The van der Waals surface area contributed by atoms with Crippen molar-refractivity contribution in [3.63, 3.8) is 0 Å². The highest BCUT2D eigenvalue weighted by molar-refractivity contribution is 5.96. The minimum absolute atomic E-state index is 0.334. The van der Waals surface area contributed by atoms with E-state index in [2.05, 4.69) is 10.3 Å². The molecule has 5 heteroatoms. The van der Waals surface area contributed by atoms with E-state index in [9.17, 15) is 9.18 Å². The molecule has 0 aliphatic rings. The highest BCUT2D eigenvalue weighted by atomic mass is 19.1. The van der Waals surface area contributed by atoms with Crippen LogP contribution in [0.2, 0.25) is 0 Å². The zero-order chi connectivity index (χ0) is 23.4. The van der Waals surface area contributed by atoms with Gasteiger partial charge in [0.15, 0.2) is 0 Å². The minimum Gasteiger partial charge on any atom is -0.325 e. The van der Waals surface area contributed by atoms with Gasteiger partial charge in [-0.15, -0.1) is 0 Å². The normalized spacial score (nSPS) is 11.9. The van der Waals surface area contributed by atoms with Gasteiger partial charge >= 0.3 is 0 Å². The molecule has 33 heavy (non-hydrogen) atoms. The first-order chi connectivity index (χ1) is 16.0. The number of halogens is 1. The molecule has 0 saturated heterocycles. The van der Waals surface area contributed by atoms with E-state index in [-0.39, 0.29) is 11.8 Å². The highest BCUT2D eigenvalue weighted by Crippen LogP contribution is 2.30. The maximum atomic E-state index is 15.0. The molecule has 0 radical (unpaired) electrons. The van der Waals surface area contributed by atoms with Gasteiger partial charge in [0.1, 0.15) is 5.82 Å². The molecule has 0 saturated carbocycles. The molecule has 4 nitrogen and oxygen atoms in total. The van der Waals surface area contributed by atoms with Crippen LogP contribution >= 0.6 is 0 Å². The number of aromatic nitrogens is 1. The Morgan fingerprint density at radius 1 is 0.879 bits per heavy atom. The van der Waals surface area contributed by atoms with E-state index in [1.165, 1.54) is 6.07 Å². The van der Waals surface area contributed by atoms with Crippen molar-refractivity contribution >= 4 is 11.6 Å². The average Bonchev–Trinajstić information content (AvgIpc) is 2.83. The van der Waals surface area contributed by atoms with Gasteiger partial charge in [-0.1, -0.05) is 60.7 Å². The summed E-state index contributed by atoms with van der Waals surface area (Å²) >= 11 is 0. The summed E-state index contributed by atoms with van der Waals surface area (Å²) in [6.07, 6.45) is 1.67. The quantitative estimate of drug-likeness (QED) is 0.411. The van der Waals surface area contributed by atoms with Crippen LogP contribution in [-0.4, -0.2) is 16.9 Å². The number of carbonyl (C=O) groups is 1. The number of nitrogens with one attached hydrogen (secondary N) is 1. The van der Waals surface area contributed by atoms with E-state index in [0.717, 1.165) is 27.9 Å². The van der Waals surface area contributed by atoms with Crippen LogP contribution in [0.3, 0.4) is 0 Å². The van der Waals surface area contributed by atoms with Crippen molar-refractivity contribution in [3.05, 3.63) is 119 Å². The van der Waals surface area contributed by atoms with Gasteiger partial charge in [0.2, 0.25) is 5.91 Å². The van der Waals surface area contributed by atoms with Crippen LogP contribution in [0, 0.1) is 19.7 Å². The molecule has 4 rings (SSSR count). The topological polar surface area (TPSA) is 68.0 Å². The second kappa shape index (κ2) is 9.76. The maximum Gasteiger partial charge on any atom is 0.242 e. The van der Waals surface area contributed by atoms with Crippen LogP contribution < -0.4 is 11.1 Å². The second-order valence-corrected chi connectivity index (χ2v) is 8.08. The molecular formula is C28H26FN3O. The zero-order valence-corrected chi connectivity index (χ0v) is 18.6. The van der Waals surface area contributed by atoms with Gasteiger partial charge in [-0.2, -0.15) is 0 Å². The number of nitrogens with two attached hydrogens (primary N) is 1. The Hall–Kier alpha value is -3.83. The molecule has 1 amide bonds.